The molecule has 1 atom stereocenters. The Morgan fingerprint density at radius 1 is 0.793 bits per heavy atom. The van der Waals surface area contributed by atoms with E-state index in [0.29, 0.717) is 82.1 Å². The molecule has 15 nitrogen and oxygen atoms in total. The van der Waals surface area contributed by atoms with Gasteiger partial charge in [-0.15, -0.1) is 0 Å². The molecule has 3 aromatic rings. The van der Waals surface area contributed by atoms with Crippen molar-refractivity contribution in [1.29, 1.82) is 5.26 Å². The number of amides is 4. The molecule has 2 saturated heterocycles. The number of hydrogen-bond donors (Lipinski definition) is 4. The number of allylic oxidation sites excluding steroid dienone is 1. The summed E-state index contributed by atoms with van der Waals surface area (Å²) in [6.45, 7) is 9.22. The van der Waals surface area contributed by atoms with E-state index >= 15 is 0 Å². The van der Waals surface area contributed by atoms with Crippen LogP contribution in [0.1, 0.15) is 30.4 Å². The van der Waals surface area contributed by atoms with Gasteiger partial charge in [-0.05, 0) is 61.7 Å². The highest BCUT2D eigenvalue weighted by Crippen LogP contribution is 2.38. The summed E-state index contributed by atoms with van der Waals surface area (Å²) in [6, 6.07) is 18.4. The molecule has 0 saturated carbocycles. The van der Waals surface area contributed by atoms with E-state index < -0.39 is 5.92 Å². The maximum Gasteiger partial charge on any atom is 0.258 e. The Hall–Kier alpha value is -5.95. The van der Waals surface area contributed by atoms with E-state index in [4.69, 9.17) is 0 Å². The first kappa shape index (κ1) is 41.7. The third-order valence-electron chi connectivity index (χ3n) is 10.9. The van der Waals surface area contributed by atoms with Crippen molar-refractivity contribution < 1.29 is 29.4 Å². The molecular weight excluding hydrogens is 739 g/mol. The number of carbonyl (C=O) groups excluding carboxylic acids is 4. The van der Waals surface area contributed by atoms with E-state index in [9.17, 15) is 34.7 Å². The van der Waals surface area contributed by atoms with Gasteiger partial charge in [0, 0.05) is 103 Å². The summed E-state index contributed by atoms with van der Waals surface area (Å²) < 4.78 is 1.41. The number of rotatable bonds is 17. The molecule has 1 aromatic heterocycles. The van der Waals surface area contributed by atoms with Crippen LogP contribution >= 0.6 is 0 Å². The van der Waals surface area contributed by atoms with Gasteiger partial charge in [-0.3, -0.25) is 29.0 Å². The number of nitriles is 1. The summed E-state index contributed by atoms with van der Waals surface area (Å²) in [4.78, 5) is 58.9. The van der Waals surface area contributed by atoms with Gasteiger partial charge < -0.3 is 30.6 Å². The number of piperazine rings is 2. The number of carbonyl (C=O) groups is 4. The van der Waals surface area contributed by atoms with E-state index in [-0.39, 0.29) is 41.8 Å². The zero-order valence-corrected chi connectivity index (χ0v) is 33.1. The summed E-state index contributed by atoms with van der Waals surface area (Å²) in [5.74, 6) is -1.96. The number of nitrogens with zero attached hydrogens (tertiary/aromatic N) is 7. The predicted molar refractivity (Wildman–Crippen MR) is 221 cm³/mol. The van der Waals surface area contributed by atoms with Crippen molar-refractivity contribution in [1.82, 2.24) is 29.9 Å². The van der Waals surface area contributed by atoms with Gasteiger partial charge in [-0.25, -0.2) is 9.47 Å². The minimum atomic E-state index is -0.770. The van der Waals surface area contributed by atoms with Gasteiger partial charge in [0.2, 0.25) is 23.6 Å². The average molecular weight is 792 g/mol. The van der Waals surface area contributed by atoms with Crippen molar-refractivity contribution in [3.05, 3.63) is 90.0 Å². The van der Waals surface area contributed by atoms with E-state index in [1.165, 1.54) is 16.7 Å². The summed E-state index contributed by atoms with van der Waals surface area (Å²) in [7, 11) is 2.12. The van der Waals surface area contributed by atoms with Crippen LogP contribution in [-0.4, -0.2) is 139 Å². The largest absolute Gasteiger partial charge is 0.494 e. The summed E-state index contributed by atoms with van der Waals surface area (Å²) in [6.07, 6.45) is 7.95. The number of hydrogen-bond acceptors (Lipinski definition) is 11. The average Bonchev–Trinajstić information content (AvgIpc) is 3.72. The first-order valence-corrected chi connectivity index (χ1v) is 19.9. The Labute approximate surface area is 339 Å². The highest BCUT2D eigenvalue weighted by molar-refractivity contribution is 6.28. The Kier molecular flexibility index (Phi) is 14.3. The van der Waals surface area contributed by atoms with Crippen LogP contribution < -0.4 is 20.4 Å². The van der Waals surface area contributed by atoms with E-state index in [2.05, 4.69) is 38.5 Å². The number of imide groups is 1. The van der Waals surface area contributed by atoms with Gasteiger partial charge in [-0.2, -0.15) is 5.26 Å². The first-order valence-electron chi connectivity index (χ1n) is 19.9. The maximum absolute atomic E-state index is 12.7. The highest BCUT2D eigenvalue weighted by atomic mass is 16.3. The van der Waals surface area contributed by atoms with Crippen LogP contribution in [0.2, 0.25) is 0 Å². The van der Waals surface area contributed by atoms with Crippen molar-refractivity contribution in [2.45, 2.75) is 25.7 Å². The number of anilines is 2. The smallest absolute Gasteiger partial charge is 0.258 e. The van der Waals surface area contributed by atoms with Gasteiger partial charge in [0.25, 0.3) is 11.8 Å². The molecule has 4 heterocycles. The Morgan fingerprint density at radius 2 is 1.36 bits per heavy atom. The molecule has 306 valence electrons. The van der Waals surface area contributed by atoms with Crippen LogP contribution in [0.3, 0.4) is 0 Å². The van der Waals surface area contributed by atoms with Crippen LogP contribution in [0.15, 0.2) is 78.9 Å². The molecule has 15 heteroatoms. The minimum Gasteiger partial charge on any atom is -0.494 e. The van der Waals surface area contributed by atoms with Gasteiger partial charge in [0.15, 0.2) is 0 Å². The Balaban J connectivity index is 0.881. The highest BCUT2D eigenvalue weighted by Gasteiger charge is 2.26. The van der Waals surface area contributed by atoms with Crippen LogP contribution in [0.25, 0.3) is 5.69 Å². The monoisotopic (exact) mass is 791 g/mol. The second kappa shape index (κ2) is 20.0. The van der Waals surface area contributed by atoms with E-state index in [1.54, 1.807) is 24.3 Å². The van der Waals surface area contributed by atoms with Gasteiger partial charge >= 0.3 is 0 Å². The fourth-order valence-corrected chi connectivity index (χ4v) is 7.37. The molecule has 0 aliphatic carbocycles. The zero-order chi connectivity index (χ0) is 41.0. The molecule has 0 spiro atoms. The van der Waals surface area contributed by atoms with Crippen LogP contribution in [0.5, 0.6) is 11.8 Å². The number of aromatic hydroxyl groups is 2. The second-order valence-corrected chi connectivity index (χ2v) is 15.0. The molecule has 0 bridgehead atoms. The molecule has 2 aromatic carbocycles. The lowest BCUT2D eigenvalue weighted by atomic mass is 10.0. The van der Waals surface area contributed by atoms with Crippen LogP contribution in [0, 0.1) is 17.2 Å². The van der Waals surface area contributed by atoms with Crippen molar-refractivity contribution in [2.24, 2.45) is 5.92 Å². The number of aromatic nitrogens is 1. The molecule has 0 radical (unpaired) electrons. The molecule has 1 unspecified atom stereocenters. The predicted octanol–water partition coefficient (Wildman–Crippen LogP) is 2.38. The SMILES string of the molecule is CN1CCN(CCNC(=O)CC=CCCC(C#N)C(=O)NCCN2CCN(c3cc(O)n(-c4ccc(Cc5ccc(N6C(=O)C=CC6=O)cc5)cc4)c3O)CC2)CC1. The molecule has 58 heavy (non-hydrogen) atoms. The van der Waals surface area contributed by atoms with Crippen LogP contribution in [0.4, 0.5) is 11.4 Å². The summed E-state index contributed by atoms with van der Waals surface area (Å²) in [5.41, 5.74) is 3.66. The maximum atomic E-state index is 12.7. The third-order valence-corrected chi connectivity index (χ3v) is 10.9. The standard InChI is InChI=1S/C43H53N9O6/c1-47-21-23-48(24-22-47)19-17-45-38(53)6-4-2-3-5-34(31-44)42(57)46-18-20-49-25-27-50(28-26-49)37-30-41(56)52(43(37)58)36-13-9-33(10-14-36)29-32-7-11-35(12-8-32)51-39(54)15-16-40(51)55/h2,4,7-16,30,34,56,58H,3,5-6,17-29H2,1H3,(H,45,53)(H,46,57). The summed E-state index contributed by atoms with van der Waals surface area (Å²) >= 11 is 0. The normalized spacial score (nSPS) is 17.2. The molecule has 3 aliphatic heterocycles. The van der Waals surface area contributed by atoms with E-state index in [1.807, 2.05) is 47.4 Å². The number of benzene rings is 2. The molecular formula is C43H53N9O6. The van der Waals surface area contributed by atoms with Gasteiger partial charge in [-0.1, -0.05) is 36.4 Å². The lowest BCUT2D eigenvalue weighted by Gasteiger charge is -2.35. The first-order chi connectivity index (χ1) is 28.1. The van der Waals surface area contributed by atoms with Crippen molar-refractivity contribution in [3.8, 4) is 23.5 Å². The number of likely N-dealkylation sites (N-methyl/N-ethyl adjacent to an activating group) is 1. The zero-order valence-electron chi connectivity index (χ0n) is 33.1. The second-order valence-electron chi connectivity index (χ2n) is 15.0. The third kappa shape index (κ3) is 10.9. The fraction of sp³-hybridized carbons (Fsp3) is 0.419. The van der Waals surface area contributed by atoms with Crippen LogP contribution in [-0.2, 0) is 25.6 Å². The van der Waals surface area contributed by atoms with Gasteiger partial charge in [0.05, 0.1) is 17.4 Å². The van der Waals surface area contributed by atoms with Gasteiger partial charge in [0.1, 0.15) is 11.6 Å². The lowest BCUT2D eigenvalue weighted by molar-refractivity contribution is -0.124. The molecule has 4 N–H and O–H groups in total. The Morgan fingerprint density at radius 3 is 1.97 bits per heavy atom. The molecule has 6 rings (SSSR count). The Bertz CT molecular complexity index is 1990. The van der Waals surface area contributed by atoms with Crippen molar-refractivity contribution in [3.63, 3.8) is 0 Å². The van der Waals surface area contributed by atoms with Crippen molar-refractivity contribution >= 4 is 35.0 Å². The van der Waals surface area contributed by atoms with E-state index in [0.717, 1.165) is 48.8 Å². The molecule has 4 amide bonds. The number of nitrogens with one attached hydrogen (secondary N) is 2. The lowest BCUT2D eigenvalue weighted by Crippen LogP contribution is -2.48. The summed E-state index contributed by atoms with van der Waals surface area (Å²) in [5, 5.41) is 37.5. The van der Waals surface area contributed by atoms with Crippen molar-refractivity contribution in [2.75, 3.05) is 95.4 Å². The minimum absolute atomic E-state index is 0.0360. The fourth-order valence-electron chi connectivity index (χ4n) is 7.37. The molecule has 2 fully saturated rings. The molecule has 3 aliphatic rings. The quantitative estimate of drug-likeness (QED) is 0.117. The topological polar surface area (TPSA) is 178 Å².